The molecule has 4 fully saturated rings. The van der Waals surface area contributed by atoms with Crippen LogP contribution in [0.3, 0.4) is 0 Å². The fourth-order valence-corrected chi connectivity index (χ4v) is 5.72. The summed E-state index contributed by atoms with van der Waals surface area (Å²) in [5.41, 5.74) is 7.60. The number of fused-ring (bicyclic) bond motifs is 1. The lowest BCUT2D eigenvalue weighted by molar-refractivity contribution is 0.0958. The van der Waals surface area contributed by atoms with Gasteiger partial charge in [0.2, 0.25) is 0 Å². The van der Waals surface area contributed by atoms with Crippen LogP contribution >= 0.6 is 11.3 Å². The fourth-order valence-electron chi connectivity index (χ4n) is 5.04. The normalized spacial score (nSPS) is 43.9. The van der Waals surface area contributed by atoms with E-state index < -0.39 is 0 Å². The quantitative estimate of drug-likeness (QED) is 0.825. The van der Waals surface area contributed by atoms with Gasteiger partial charge in [-0.2, -0.15) is 0 Å². The largest absolute Gasteiger partial charge is 0.375 e. The summed E-state index contributed by atoms with van der Waals surface area (Å²) < 4.78 is 0. The van der Waals surface area contributed by atoms with Crippen LogP contribution in [0.5, 0.6) is 0 Å². The molecule has 1 aromatic heterocycles. The second kappa shape index (κ2) is 3.47. The summed E-state index contributed by atoms with van der Waals surface area (Å²) in [4.78, 5) is 4.64. The maximum absolute atomic E-state index is 5.84. The van der Waals surface area contributed by atoms with Gasteiger partial charge in [0.15, 0.2) is 5.13 Å². The van der Waals surface area contributed by atoms with Crippen LogP contribution in [0.1, 0.15) is 50.6 Å². The van der Waals surface area contributed by atoms with Crippen LogP contribution in [0, 0.1) is 17.8 Å². The zero-order valence-electron chi connectivity index (χ0n) is 10.2. The number of nitrogens with zero attached hydrogens (tertiary/aromatic N) is 1. The Hall–Kier alpha value is -0.570. The minimum absolute atomic E-state index is 0.418. The van der Waals surface area contributed by atoms with Gasteiger partial charge in [-0.1, -0.05) is 12.8 Å². The first-order valence-electron chi connectivity index (χ1n) is 6.95. The number of rotatable bonds is 1. The summed E-state index contributed by atoms with van der Waals surface area (Å²) in [6.45, 7) is 0. The molecule has 4 saturated carbocycles. The van der Waals surface area contributed by atoms with Crippen LogP contribution in [0.25, 0.3) is 0 Å². The molecule has 0 saturated heterocycles. The van der Waals surface area contributed by atoms with Crippen LogP contribution < -0.4 is 5.73 Å². The highest BCUT2D eigenvalue weighted by Crippen LogP contribution is 2.58. The third-order valence-corrected chi connectivity index (χ3v) is 6.09. The van der Waals surface area contributed by atoms with Gasteiger partial charge in [-0.25, -0.2) is 4.98 Å². The van der Waals surface area contributed by atoms with Crippen molar-refractivity contribution in [1.29, 1.82) is 0 Å². The average Bonchev–Trinajstić information content (AvgIpc) is 2.62. The lowest BCUT2D eigenvalue weighted by Crippen LogP contribution is -2.41. The summed E-state index contributed by atoms with van der Waals surface area (Å²) in [6.07, 6.45) is 10.1. The van der Waals surface area contributed by atoms with Gasteiger partial charge in [0.25, 0.3) is 0 Å². The Bertz CT molecular complexity index is 423. The molecule has 0 aliphatic heterocycles. The number of nitrogens with two attached hydrogens (primary N) is 1. The maximum Gasteiger partial charge on any atom is 0.180 e. The molecule has 4 aliphatic rings. The van der Waals surface area contributed by atoms with Gasteiger partial charge in [0.1, 0.15) is 0 Å². The highest BCUT2D eigenvalue weighted by atomic mass is 32.1. The van der Waals surface area contributed by atoms with E-state index in [1.807, 2.05) is 0 Å². The van der Waals surface area contributed by atoms with Gasteiger partial charge in [-0.3, -0.25) is 0 Å². The van der Waals surface area contributed by atoms with E-state index >= 15 is 0 Å². The molecule has 2 N–H and O–H groups in total. The number of hydrogen-bond acceptors (Lipinski definition) is 3. The molecule has 0 aromatic carbocycles. The van der Waals surface area contributed by atoms with Crippen molar-refractivity contribution in [3.63, 3.8) is 0 Å². The number of thiazole rings is 1. The zero-order valence-corrected chi connectivity index (χ0v) is 11.0. The number of hydrogen-bond donors (Lipinski definition) is 1. The molecule has 2 nitrogen and oxygen atoms in total. The van der Waals surface area contributed by atoms with Crippen molar-refractivity contribution >= 4 is 16.5 Å². The fraction of sp³-hybridized carbons (Fsp3) is 0.786. The van der Waals surface area contributed by atoms with E-state index in [-0.39, 0.29) is 0 Å². The number of aromatic nitrogens is 1. The van der Waals surface area contributed by atoms with Crippen molar-refractivity contribution < 1.29 is 0 Å². The van der Waals surface area contributed by atoms with E-state index in [0.29, 0.717) is 5.41 Å². The Morgan fingerprint density at radius 2 is 1.76 bits per heavy atom. The monoisotopic (exact) mass is 248 g/mol. The number of nitrogen functional groups attached to an aromatic ring is 1. The minimum Gasteiger partial charge on any atom is -0.375 e. The molecule has 2 atom stereocenters. The van der Waals surface area contributed by atoms with Gasteiger partial charge >= 0.3 is 0 Å². The Balaban J connectivity index is 1.77. The molecule has 3 heteroatoms. The Morgan fingerprint density at radius 1 is 1.12 bits per heavy atom. The molecule has 0 unspecified atom stereocenters. The molecular weight excluding hydrogens is 228 g/mol. The zero-order chi connectivity index (χ0) is 11.5. The molecule has 0 radical (unpaired) electrons. The lowest BCUT2D eigenvalue weighted by atomic mass is 9.57. The van der Waals surface area contributed by atoms with Crippen molar-refractivity contribution in [3.05, 3.63) is 11.1 Å². The third kappa shape index (κ3) is 1.55. The molecule has 0 spiro atoms. The predicted molar refractivity (Wildman–Crippen MR) is 71.0 cm³/mol. The van der Waals surface area contributed by atoms with Crippen LogP contribution in [0.15, 0.2) is 5.38 Å². The first-order chi connectivity index (χ1) is 8.23. The molecule has 1 heterocycles. The van der Waals surface area contributed by atoms with Crippen molar-refractivity contribution in [2.45, 2.75) is 50.4 Å². The highest BCUT2D eigenvalue weighted by Gasteiger charge is 2.50. The van der Waals surface area contributed by atoms with Crippen molar-refractivity contribution in [2.75, 3.05) is 5.73 Å². The van der Waals surface area contributed by atoms with Crippen molar-refractivity contribution in [1.82, 2.24) is 4.98 Å². The van der Waals surface area contributed by atoms with Crippen LogP contribution in [-0.4, -0.2) is 4.98 Å². The summed E-state index contributed by atoms with van der Waals surface area (Å²) in [5, 5.41) is 3.00. The number of anilines is 1. The third-order valence-electron chi connectivity index (χ3n) is 5.42. The molecule has 92 valence electrons. The van der Waals surface area contributed by atoms with E-state index in [1.165, 1.54) is 50.6 Å². The topological polar surface area (TPSA) is 38.9 Å². The molecular formula is C14H20N2S. The lowest BCUT2D eigenvalue weighted by Gasteiger charge is -2.47. The van der Waals surface area contributed by atoms with Crippen LogP contribution in [-0.2, 0) is 5.41 Å². The molecule has 1 aromatic rings. The van der Waals surface area contributed by atoms with E-state index in [0.717, 1.165) is 22.9 Å². The van der Waals surface area contributed by atoms with Gasteiger partial charge in [-0.15, -0.1) is 11.3 Å². The van der Waals surface area contributed by atoms with Gasteiger partial charge in [0.05, 0.1) is 5.69 Å². The van der Waals surface area contributed by atoms with Gasteiger partial charge < -0.3 is 5.73 Å². The highest BCUT2D eigenvalue weighted by molar-refractivity contribution is 7.13. The van der Waals surface area contributed by atoms with E-state index in [1.54, 1.807) is 11.3 Å². The van der Waals surface area contributed by atoms with E-state index in [4.69, 9.17) is 5.73 Å². The van der Waals surface area contributed by atoms with Crippen molar-refractivity contribution in [2.24, 2.45) is 17.8 Å². The molecule has 4 aliphatic carbocycles. The first-order valence-corrected chi connectivity index (χ1v) is 7.83. The molecule has 0 amide bonds. The Kier molecular flexibility index (Phi) is 2.11. The summed E-state index contributed by atoms with van der Waals surface area (Å²) >= 11 is 1.63. The molecule has 17 heavy (non-hydrogen) atoms. The SMILES string of the molecule is Nc1nc(C23CC4C[C@H](CC[C@@H](C4)C2)C3)cs1. The standard InChI is InChI=1S/C14H20N2S/c15-13-16-12(8-17-13)14-5-9-1-2-10(6-14)4-11(3-9)7-14/h8-11H,1-7H2,(H2,15,16)/t9-,10-,11?,14?/m0/s1. The van der Waals surface area contributed by atoms with E-state index in [2.05, 4.69) is 10.4 Å². The molecule has 5 rings (SSSR count). The Morgan fingerprint density at radius 3 is 2.35 bits per heavy atom. The summed E-state index contributed by atoms with van der Waals surface area (Å²) in [7, 11) is 0. The Labute approximate surface area is 107 Å². The first kappa shape index (κ1) is 10.4. The van der Waals surface area contributed by atoms with Crippen LogP contribution in [0.2, 0.25) is 0 Å². The second-order valence-corrected chi connectivity index (χ2v) is 7.50. The smallest absolute Gasteiger partial charge is 0.180 e. The maximum atomic E-state index is 5.84. The minimum atomic E-state index is 0.418. The molecule has 4 bridgehead atoms. The van der Waals surface area contributed by atoms with Crippen molar-refractivity contribution in [3.8, 4) is 0 Å². The summed E-state index contributed by atoms with van der Waals surface area (Å²) in [6, 6.07) is 0. The second-order valence-electron chi connectivity index (χ2n) is 6.61. The van der Waals surface area contributed by atoms with E-state index in [9.17, 15) is 0 Å². The predicted octanol–water partition coefficient (Wildman–Crippen LogP) is 3.58. The average molecular weight is 248 g/mol. The summed E-state index contributed by atoms with van der Waals surface area (Å²) in [5.74, 6) is 2.94. The van der Waals surface area contributed by atoms with Gasteiger partial charge in [-0.05, 0) is 49.9 Å². The van der Waals surface area contributed by atoms with Gasteiger partial charge in [0, 0.05) is 10.8 Å². The van der Waals surface area contributed by atoms with Crippen LogP contribution in [0.4, 0.5) is 5.13 Å².